The molecule has 0 aliphatic rings. The number of hydrogen-bond donors (Lipinski definition) is 1. The fourth-order valence-electron chi connectivity index (χ4n) is 0.350. The highest BCUT2D eigenvalue weighted by Crippen LogP contribution is 2.02. The summed E-state index contributed by atoms with van der Waals surface area (Å²) < 4.78 is 23.9. The topological polar surface area (TPSA) is 51.8 Å². The molecule has 0 bridgehead atoms. The van der Waals surface area contributed by atoms with Gasteiger partial charge in [-0.2, -0.15) is 13.8 Å². The minimum Gasteiger partial charge on any atom is -0.394 e. The summed E-state index contributed by atoms with van der Waals surface area (Å²) in [6.07, 6.45) is -0.237. The van der Waals surface area contributed by atoms with Gasteiger partial charge in [0.05, 0.1) is 6.20 Å². The molecule has 2 N–H and O–H groups in total. The fraction of sp³-hybridized carbons (Fsp3) is 0. The predicted molar refractivity (Wildman–Crippen MR) is 26.4 cm³/mol. The van der Waals surface area contributed by atoms with E-state index in [9.17, 15) is 8.78 Å². The standard InChI is InChI=1S/C4H3F2N3/c5-3-2(7)1-8-4(6)9-3/h1H,7H2. The van der Waals surface area contributed by atoms with Crippen LogP contribution in [-0.2, 0) is 0 Å². The molecule has 0 aliphatic carbocycles. The van der Waals surface area contributed by atoms with Gasteiger partial charge < -0.3 is 5.73 Å². The number of halogens is 2. The minimum absolute atomic E-state index is 0.253. The van der Waals surface area contributed by atoms with Crippen LogP contribution in [0.3, 0.4) is 0 Å². The number of anilines is 1. The molecule has 0 saturated heterocycles. The highest BCUT2D eigenvalue weighted by atomic mass is 19.1. The van der Waals surface area contributed by atoms with E-state index in [1.807, 2.05) is 0 Å². The molecule has 0 atom stereocenters. The van der Waals surface area contributed by atoms with E-state index < -0.39 is 12.0 Å². The Kier molecular flexibility index (Phi) is 1.26. The Labute approximate surface area is 49.5 Å². The van der Waals surface area contributed by atoms with Crippen molar-refractivity contribution in [2.24, 2.45) is 0 Å². The highest BCUT2D eigenvalue weighted by Gasteiger charge is 1.99. The molecule has 0 fully saturated rings. The number of nitrogens with two attached hydrogens (primary N) is 1. The summed E-state index contributed by atoms with van der Waals surface area (Å²) in [5.74, 6) is -1.03. The second-order valence-corrected chi connectivity index (χ2v) is 1.39. The van der Waals surface area contributed by atoms with Crippen molar-refractivity contribution in [3.63, 3.8) is 0 Å². The number of nitrogens with zero attached hydrogens (tertiary/aromatic N) is 2. The van der Waals surface area contributed by atoms with Crippen LogP contribution in [0.5, 0.6) is 0 Å². The van der Waals surface area contributed by atoms with Gasteiger partial charge in [0.1, 0.15) is 5.69 Å². The predicted octanol–water partition coefficient (Wildman–Crippen LogP) is 0.337. The molecule has 9 heavy (non-hydrogen) atoms. The van der Waals surface area contributed by atoms with E-state index in [1.54, 1.807) is 0 Å². The van der Waals surface area contributed by atoms with Gasteiger partial charge in [-0.3, -0.25) is 0 Å². The van der Waals surface area contributed by atoms with Gasteiger partial charge in [0.2, 0.25) is 5.95 Å². The minimum atomic E-state index is -1.11. The first-order valence-corrected chi connectivity index (χ1v) is 2.13. The van der Waals surface area contributed by atoms with Crippen LogP contribution >= 0.6 is 0 Å². The second-order valence-electron chi connectivity index (χ2n) is 1.39. The molecule has 0 radical (unpaired) electrons. The van der Waals surface area contributed by atoms with Crippen molar-refractivity contribution in [1.29, 1.82) is 0 Å². The first-order chi connectivity index (χ1) is 4.20. The summed E-state index contributed by atoms with van der Waals surface area (Å²) in [5.41, 5.74) is 4.67. The summed E-state index contributed by atoms with van der Waals surface area (Å²) >= 11 is 0. The summed E-state index contributed by atoms with van der Waals surface area (Å²) in [6, 6.07) is 0. The Morgan fingerprint density at radius 2 is 2.11 bits per heavy atom. The molecule has 0 saturated carbocycles. The van der Waals surface area contributed by atoms with Crippen LogP contribution in [0.2, 0.25) is 0 Å². The number of nitrogen functional groups attached to an aromatic ring is 1. The second kappa shape index (κ2) is 1.93. The molecule has 0 aromatic carbocycles. The number of rotatable bonds is 0. The molecule has 0 amide bonds. The van der Waals surface area contributed by atoms with Crippen molar-refractivity contribution < 1.29 is 8.78 Å². The van der Waals surface area contributed by atoms with E-state index in [4.69, 9.17) is 5.73 Å². The Bertz CT molecular complexity index is 225. The summed E-state index contributed by atoms with van der Waals surface area (Å²) in [4.78, 5) is 5.70. The van der Waals surface area contributed by atoms with Crippen LogP contribution in [-0.4, -0.2) is 9.97 Å². The monoisotopic (exact) mass is 131 g/mol. The molecule has 5 heteroatoms. The van der Waals surface area contributed by atoms with Crippen LogP contribution in [0.25, 0.3) is 0 Å². The van der Waals surface area contributed by atoms with Crippen molar-refractivity contribution in [2.45, 2.75) is 0 Å². The van der Waals surface area contributed by atoms with Crippen LogP contribution in [0.15, 0.2) is 6.20 Å². The number of aromatic nitrogens is 2. The summed E-state index contributed by atoms with van der Waals surface area (Å²) in [7, 11) is 0. The molecular formula is C4H3F2N3. The van der Waals surface area contributed by atoms with Crippen LogP contribution in [0, 0.1) is 12.0 Å². The fourth-order valence-corrected chi connectivity index (χ4v) is 0.350. The molecule has 0 aliphatic heterocycles. The third kappa shape index (κ3) is 1.10. The van der Waals surface area contributed by atoms with Crippen LogP contribution < -0.4 is 5.73 Å². The van der Waals surface area contributed by atoms with Gasteiger partial charge >= 0.3 is 6.08 Å². The zero-order chi connectivity index (χ0) is 6.85. The van der Waals surface area contributed by atoms with Gasteiger partial charge in [-0.1, -0.05) is 0 Å². The molecule has 1 rings (SSSR count). The molecular weight excluding hydrogens is 128 g/mol. The van der Waals surface area contributed by atoms with Gasteiger partial charge in [-0.25, -0.2) is 4.98 Å². The van der Waals surface area contributed by atoms with Crippen molar-refractivity contribution in [3.05, 3.63) is 18.2 Å². The SMILES string of the molecule is Nc1cnc(F)nc1F. The van der Waals surface area contributed by atoms with Gasteiger partial charge in [0, 0.05) is 0 Å². The van der Waals surface area contributed by atoms with E-state index in [0.29, 0.717) is 0 Å². The molecule has 48 valence electrons. The quantitative estimate of drug-likeness (QED) is 0.408. The maximum absolute atomic E-state index is 12.1. The normalized spacial score (nSPS) is 9.56. The lowest BCUT2D eigenvalue weighted by molar-refractivity contribution is 0.486. The van der Waals surface area contributed by atoms with E-state index in [2.05, 4.69) is 9.97 Å². The van der Waals surface area contributed by atoms with E-state index >= 15 is 0 Å². The van der Waals surface area contributed by atoms with E-state index in [-0.39, 0.29) is 5.69 Å². The average Bonchev–Trinajstić information content (AvgIpc) is 1.80. The molecule has 0 unspecified atom stereocenters. The lowest BCUT2D eigenvalue weighted by Crippen LogP contribution is -1.98. The van der Waals surface area contributed by atoms with Crippen molar-refractivity contribution >= 4 is 5.69 Å². The first kappa shape index (κ1) is 5.87. The largest absolute Gasteiger partial charge is 0.394 e. The van der Waals surface area contributed by atoms with Gasteiger partial charge in [-0.05, 0) is 0 Å². The summed E-state index contributed by atoms with van der Waals surface area (Å²) in [5, 5.41) is 0. The Morgan fingerprint density at radius 1 is 1.44 bits per heavy atom. The van der Waals surface area contributed by atoms with Crippen molar-refractivity contribution in [3.8, 4) is 0 Å². The average molecular weight is 131 g/mol. The maximum Gasteiger partial charge on any atom is 0.311 e. The van der Waals surface area contributed by atoms with Crippen molar-refractivity contribution in [2.75, 3.05) is 5.73 Å². The zero-order valence-corrected chi connectivity index (χ0v) is 4.31. The summed E-state index contributed by atoms with van der Waals surface area (Å²) in [6.45, 7) is 0. The first-order valence-electron chi connectivity index (χ1n) is 2.13. The third-order valence-electron chi connectivity index (χ3n) is 0.739. The lowest BCUT2D eigenvalue weighted by Gasteiger charge is -1.90. The molecule has 3 nitrogen and oxygen atoms in total. The van der Waals surface area contributed by atoms with Crippen molar-refractivity contribution in [1.82, 2.24) is 9.97 Å². The van der Waals surface area contributed by atoms with E-state index in [0.717, 1.165) is 6.20 Å². The third-order valence-corrected chi connectivity index (χ3v) is 0.739. The molecule has 1 aromatic heterocycles. The smallest absolute Gasteiger partial charge is 0.311 e. The van der Waals surface area contributed by atoms with Crippen LogP contribution in [0.1, 0.15) is 0 Å². The Morgan fingerprint density at radius 3 is 2.56 bits per heavy atom. The van der Waals surface area contributed by atoms with Gasteiger partial charge in [0.15, 0.2) is 0 Å². The number of hydrogen-bond acceptors (Lipinski definition) is 3. The van der Waals surface area contributed by atoms with Gasteiger partial charge in [-0.15, -0.1) is 0 Å². The molecule has 0 spiro atoms. The lowest BCUT2D eigenvalue weighted by atomic mass is 10.5. The van der Waals surface area contributed by atoms with E-state index in [1.165, 1.54) is 0 Å². The Hall–Kier alpha value is -1.26. The zero-order valence-electron chi connectivity index (χ0n) is 4.31. The van der Waals surface area contributed by atoms with Crippen LogP contribution in [0.4, 0.5) is 14.5 Å². The highest BCUT2D eigenvalue weighted by molar-refractivity contribution is 5.31. The molecule has 1 heterocycles. The molecule has 1 aromatic rings. The Balaban J connectivity index is 3.17. The van der Waals surface area contributed by atoms with Gasteiger partial charge in [0.25, 0.3) is 0 Å². The maximum atomic E-state index is 12.1.